The Balaban J connectivity index is 2.75. The van der Waals surface area contributed by atoms with Crippen molar-refractivity contribution in [1.29, 1.82) is 0 Å². The van der Waals surface area contributed by atoms with Crippen LogP contribution in [-0.4, -0.2) is 11.1 Å². The van der Waals surface area contributed by atoms with Crippen LogP contribution in [0.4, 0.5) is 0 Å². The Bertz CT molecular complexity index is 321. The van der Waals surface area contributed by atoms with Crippen molar-refractivity contribution in [2.24, 2.45) is 7.05 Å². The van der Waals surface area contributed by atoms with Crippen molar-refractivity contribution in [3.8, 4) is 0 Å². The third kappa shape index (κ3) is 2.86. The predicted octanol–water partition coefficient (Wildman–Crippen LogP) is 0.837. The molecule has 3 heteroatoms. The van der Waals surface area contributed by atoms with Crippen molar-refractivity contribution in [3.05, 3.63) is 29.6 Å². The van der Waals surface area contributed by atoms with Gasteiger partial charge in [0.2, 0.25) is 0 Å². The van der Waals surface area contributed by atoms with Crippen molar-refractivity contribution < 1.29 is 14.5 Å². The second-order valence-corrected chi connectivity index (χ2v) is 3.21. The smallest absolute Gasteiger partial charge is 0.303 e. The Morgan fingerprint density at radius 3 is 2.92 bits per heavy atom. The minimum absolute atomic E-state index is 0.199. The fraction of sp³-hybridized carbons (Fsp3) is 0.400. The van der Waals surface area contributed by atoms with Gasteiger partial charge in [0, 0.05) is 18.1 Å². The van der Waals surface area contributed by atoms with E-state index in [2.05, 4.69) is 0 Å². The van der Waals surface area contributed by atoms with Gasteiger partial charge < -0.3 is 5.11 Å². The Labute approximate surface area is 77.6 Å². The summed E-state index contributed by atoms with van der Waals surface area (Å²) in [5, 5.41) is 8.53. The van der Waals surface area contributed by atoms with E-state index in [4.69, 9.17) is 5.11 Å². The highest BCUT2D eigenvalue weighted by atomic mass is 16.4. The standard InChI is InChI=1S/C10H13NO2/c1-8-5-6-11(2)7-9(8)3-4-10(12)13/h5-7H,3-4H2,1-2H3/p+1. The van der Waals surface area contributed by atoms with Gasteiger partial charge in [-0.3, -0.25) is 4.79 Å². The third-order valence-electron chi connectivity index (χ3n) is 2.03. The van der Waals surface area contributed by atoms with Gasteiger partial charge in [-0.05, 0) is 18.9 Å². The van der Waals surface area contributed by atoms with Gasteiger partial charge in [-0.1, -0.05) is 0 Å². The lowest BCUT2D eigenvalue weighted by molar-refractivity contribution is -0.672. The number of carbonyl (C=O) groups is 1. The molecular formula is C10H14NO2+. The first-order chi connectivity index (χ1) is 6.09. The molecule has 1 heterocycles. The fourth-order valence-corrected chi connectivity index (χ4v) is 1.23. The molecule has 0 fully saturated rings. The number of carboxylic acid groups (broad SMARTS) is 1. The molecule has 13 heavy (non-hydrogen) atoms. The van der Waals surface area contributed by atoms with E-state index in [-0.39, 0.29) is 6.42 Å². The van der Waals surface area contributed by atoms with Crippen molar-refractivity contribution in [1.82, 2.24) is 0 Å². The quantitative estimate of drug-likeness (QED) is 0.700. The van der Waals surface area contributed by atoms with Gasteiger partial charge in [-0.25, -0.2) is 4.57 Å². The molecule has 70 valence electrons. The van der Waals surface area contributed by atoms with Gasteiger partial charge in [-0.15, -0.1) is 0 Å². The highest BCUT2D eigenvalue weighted by Gasteiger charge is 2.05. The Morgan fingerprint density at radius 2 is 2.31 bits per heavy atom. The summed E-state index contributed by atoms with van der Waals surface area (Å²) in [6.07, 6.45) is 4.73. The molecule has 1 N–H and O–H groups in total. The van der Waals surface area contributed by atoms with Crippen LogP contribution >= 0.6 is 0 Å². The van der Waals surface area contributed by atoms with E-state index < -0.39 is 5.97 Å². The SMILES string of the molecule is Cc1cc[n+](C)cc1CCC(=O)O. The molecule has 0 unspecified atom stereocenters. The summed E-state index contributed by atoms with van der Waals surface area (Å²) in [4.78, 5) is 10.4. The van der Waals surface area contributed by atoms with Gasteiger partial charge in [0.05, 0.1) is 0 Å². The Kier molecular flexibility index (Phi) is 3.01. The maximum absolute atomic E-state index is 10.4. The number of aromatic nitrogens is 1. The van der Waals surface area contributed by atoms with Crippen molar-refractivity contribution >= 4 is 5.97 Å². The number of hydrogen-bond donors (Lipinski definition) is 1. The average Bonchev–Trinajstić information content (AvgIpc) is 2.06. The summed E-state index contributed by atoms with van der Waals surface area (Å²) in [6, 6.07) is 2.00. The Morgan fingerprint density at radius 1 is 1.62 bits per heavy atom. The van der Waals surface area contributed by atoms with Gasteiger partial charge in [0.15, 0.2) is 12.4 Å². The van der Waals surface area contributed by atoms with Crippen molar-refractivity contribution in [3.63, 3.8) is 0 Å². The van der Waals surface area contributed by atoms with Crippen molar-refractivity contribution in [2.45, 2.75) is 19.8 Å². The lowest BCUT2D eigenvalue weighted by atomic mass is 10.1. The van der Waals surface area contributed by atoms with Gasteiger partial charge >= 0.3 is 5.97 Å². The normalized spacial score (nSPS) is 10.0. The molecule has 0 bridgehead atoms. The lowest BCUT2D eigenvalue weighted by Crippen LogP contribution is -2.27. The monoisotopic (exact) mass is 180 g/mol. The first kappa shape index (κ1) is 9.71. The van der Waals surface area contributed by atoms with Crippen LogP contribution in [0.25, 0.3) is 0 Å². The first-order valence-corrected chi connectivity index (χ1v) is 4.26. The van der Waals surface area contributed by atoms with E-state index in [1.54, 1.807) is 0 Å². The van der Waals surface area contributed by atoms with Crippen LogP contribution in [-0.2, 0) is 18.3 Å². The minimum Gasteiger partial charge on any atom is -0.481 e. The van der Waals surface area contributed by atoms with E-state index in [0.717, 1.165) is 11.1 Å². The molecule has 0 saturated heterocycles. The summed E-state index contributed by atoms with van der Waals surface area (Å²) >= 11 is 0. The second kappa shape index (κ2) is 4.03. The molecular weight excluding hydrogens is 166 g/mol. The molecule has 0 radical (unpaired) electrons. The van der Waals surface area contributed by atoms with Crippen LogP contribution in [0.3, 0.4) is 0 Å². The second-order valence-electron chi connectivity index (χ2n) is 3.21. The molecule has 0 saturated carbocycles. The lowest BCUT2D eigenvalue weighted by Gasteiger charge is -2.00. The van der Waals surface area contributed by atoms with Gasteiger partial charge in [-0.2, -0.15) is 0 Å². The zero-order valence-corrected chi connectivity index (χ0v) is 7.95. The number of pyridine rings is 1. The molecule has 0 spiro atoms. The number of aliphatic carboxylic acids is 1. The van der Waals surface area contributed by atoms with E-state index in [9.17, 15) is 4.79 Å². The van der Waals surface area contributed by atoms with E-state index in [1.807, 2.05) is 37.0 Å². The van der Waals surface area contributed by atoms with Crippen LogP contribution in [0, 0.1) is 6.92 Å². The number of hydrogen-bond acceptors (Lipinski definition) is 1. The van der Waals surface area contributed by atoms with Crippen molar-refractivity contribution in [2.75, 3.05) is 0 Å². The van der Waals surface area contributed by atoms with E-state index in [0.29, 0.717) is 6.42 Å². The molecule has 1 rings (SSSR count). The molecule has 1 aromatic rings. The third-order valence-corrected chi connectivity index (χ3v) is 2.03. The van der Waals surface area contributed by atoms with Gasteiger partial charge in [0.25, 0.3) is 0 Å². The highest BCUT2D eigenvalue weighted by molar-refractivity contribution is 5.67. The molecule has 1 aromatic heterocycles. The minimum atomic E-state index is -0.745. The number of carboxylic acids is 1. The number of aryl methyl sites for hydroxylation is 3. The molecule has 0 amide bonds. The summed E-state index contributed by atoms with van der Waals surface area (Å²) in [5.74, 6) is -0.745. The molecule has 3 nitrogen and oxygen atoms in total. The largest absolute Gasteiger partial charge is 0.481 e. The topological polar surface area (TPSA) is 41.2 Å². The zero-order valence-electron chi connectivity index (χ0n) is 7.95. The summed E-state index contributed by atoms with van der Waals surface area (Å²) in [6.45, 7) is 2.00. The summed E-state index contributed by atoms with van der Waals surface area (Å²) < 4.78 is 1.93. The van der Waals surface area contributed by atoms with Crippen LogP contribution in [0.5, 0.6) is 0 Å². The number of rotatable bonds is 3. The highest BCUT2D eigenvalue weighted by Crippen LogP contribution is 2.06. The Hall–Kier alpha value is -1.38. The van der Waals surface area contributed by atoms with E-state index >= 15 is 0 Å². The first-order valence-electron chi connectivity index (χ1n) is 4.26. The fourth-order valence-electron chi connectivity index (χ4n) is 1.23. The summed E-state index contributed by atoms with van der Waals surface area (Å²) in [5.41, 5.74) is 2.26. The number of nitrogens with zero attached hydrogens (tertiary/aromatic N) is 1. The zero-order chi connectivity index (χ0) is 9.84. The van der Waals surface area contributed by atoms with Crippen LogP contribution < -0.4 is 4.57 Å². The van der Waals surface area contributed by atoms with Crippen LogP contribution in [0.1, 0.15) is 17.5 Å². The maximum atomic E-state index is 10.4. The molecule has 0 aliphatic heterocycles. The van der Waals surface area contributed by atoms with Crippen LogP contribution in [0.15, 0.2) is 18.5 Å². The molecule has 0 aromatic carbocycles. The molecule has 0 atom stereocenters. The average molecular weight is 180 g/mol. The van der Waals surface area contributed by atoms with Gasteiger partial charge in [0.1, 0.15) is 7.05 Å². The van der Waals surface area contributed by atoms with E-state index in [1.165, 1.54) is 0 Å². The predicted molar refractivity (Wildman–Crippen MR) is 48.3 cm³/mol. The maximum Gasteiger partial charge on any atom is 0.303 e. The summed E-state index contributed by atoms with van der Waals surface area (Å²) in [7, 11) is 1.93. The molecule has 0 aliphatic rings. The molecule has 0 aliphatic carbocycles. The van der Waals surface area contributed by atoms with Crippen LogP contribution in [0.2, 0.25) is 0 Å².